The van der Waals surface area contributed by atoms with Crippen molar-refractivity contribution in [1.82, 2.24) is 9.38 Å². The number of nitrogens with zero attached hydrogens (tertiary/aromatic N) is 2. The number of ether oxygens (including phenoxy) is 1. The second-order valence-electron chi connectivity index (χ2n) is 5.55. The summed E-state index contributed by atoms with van der Waals surface area (Å²) in [6.07, 6.45) is 3.37. The van der Waals surface area contributed by atoms with Gasteiger partial charge >= 0.3 is 0 Å². The number of hydrogen-bond donors (Lipinski definition) is 0. The van der Waals surface area contributed by atoms with Gasteiger partial charge in [-0.2, -0.15) is 0 Å². The highest BCUT2D eigenvalue weighted by Gasteiger charge is 2.12. The van der Waals surface area contributed by atoms with E-state index in [1.54, 1.807) is 28.7 Å². The van der Waals surface area contributed by atoms with Crippen molar-refractivity contribution in [3.8, 4) is 5.75 Å². The van der Waals surface area contributed by atoms with Crippen LogP contribution in [0.5, 0.6) is 5.75 Å². The van der Waals surface area contributed by atoms with E-state index in [2.05, 4.69) is 11.6 Å². The molecule has 4 aromatic rings. The maximum Gasteiger partial charge on any atom is 0.274 e. The van der Waals surface area contributed by atoms with Crippen LogP contribution >= 0.6 is 34.5 Å². The molecule has 0 bridgehead atoms. The zero-order chi connectivity index (χ0) is 18.3. The largest absolute Gasteiger partial charge is 0.486 e. The van der Waals surface area contributed by atoms with E-state index in [1.165, 1.54) is 11.3 Å². The number of para-hydroxylation sites is 2. The lowest BCUT2D eigenvalue weighted by atomic mass is 10.2. The van der Waals surface area contributed by atoms with Gasteiger partial charge in [0.2, 0.25) is 0 Å². The molecule has 0 aliphatic carbocycles. The predicted molar refractivity (Wildman–Crippen MR) is 108 cm³/mol. The first-order chi connectivity index (χ1) is 12.6. The smallest absolute Gasteiger partial charge is 0.274 e. The molecular formula is C19H12Cl2N2O2S. The van der Waals surface area contributed by atoms with Gasteiger partial charge in [-0.25, -0.2) is 9.38 Å². The second kappa shape index (κ2) is 6.76. The average Bonchev–Trinajstić information content (AvgIpc) is 3.11. The van der Waals surface area contributed by atoms with Gasteiger partial charge < -0.3 is 4.74 Å². The molecule has 0 fully saturated rings. The molecule has 0 spiro atoms. The Bertz CT molecular complexity index is 1240. The van der Waals surface area contributed by atoms with Crippen molar-refractivity contribution in [3.63, 3.8) is 0 Å². The Balaban J connectivity index is 1.85. The lowest BCUT2D eigenvalue weighted by molar-refractivity contribution is 0.363. The summed E-state index contributed by atoms with van der Waals surface area (Å²) in [7, 11) is 0. The Labute approximate surface area is 162 Å². The Morgan fingerprint density at radius 3 is 2.69 bits per heavy atom. The van der Waals surface area contributed by atoms with Crippen LogP contribution in [0, 0.1) is 0 Å². The van der Waals surface area contributed by atoms with Crippen LogP contribution in [-0.4, -0.2) is 16.0 Å². The second-order valence-corrected chi connectivity index (χ2v) is 7.37. The van der Waals surface area contributed by atoms with Crippen molar-refractivity contribution in [3.05, 3.63) is 79.5 Å². The minimum absolute atomic E-state index is 0.113. The summed E-state index contributed by atoms with van der Waals surface area (Å²) in [5, 5.41) is 0.759. The highest BCUT2D eigenvalue weighted by molar-refractivity contribution is 7.15. The summed E-state index contributed by atoms with van der Waals surface area (Å²) in [6, 6.07) is 11.0. The molecule has 0 atom stereocenters. The van der Waals surface area contributed by atoms with Gasteiger partial charge in [0.25, 0.3) is 5.56 Å². The molecular weight excluding hydrogens is 391 g/mol. The van der Waals surface area contributed by atoms with E-state index >= 15 is 0 Å². The third-order valence-corrected chi connectivity index (χ3v) is 5.34. The molecule has 0 radical (unpaired) electrons. The van der Waals surface area contributed by atoms with Gasteiger partial charge in [-0.15, -0.1) is 0 Å². The molecule has 0 saturated heterocycles. The van der Waals surface area contributed by atoms with Gasteiger partial charge in [0, 0.05) is 0 Å². The molecule has 130 valence electrons. The van der Waals surface area contributed by atoms with E-state index in [0.29, 0.717) is 31.9 Å². The maximum atomic E-state index is 12.8. The van der Waals surface area contributed by atoms with Crippen LogP contribution in [0.25, 0.3) is 22.1 Å². The van der Waals surface area contributed by atoms with Crippen LogP contribution in [0.1, 0.15) is 5.56 Å². The average molecular weight is 403 g/mol. The standard InChI is InChI=1S/C19H12Cl2N2O2S/c1-2-7-25-17-12(20)8-11(9-13(17)21)10-16-18(24)23-15-6-4-3-5-14(15)22-19(23)26-16/h2-6,8-10H,1,7H2/b16-10-. The molecule has 4 rings (SSSR count). The topological polar surface area (TPSA) is 43.6 Å². The number of thiazole rings is 1. The zero-order valence-corrected chi connectivity index (χ0v) is 15.7. The zero-order valence-electron chi connectivity index (χ0n) is 13.4. The molecule has 0 aliphatic rings. The van der Waals surface area contributed by atoms with Crippen molar-refractivity contribution < 1.29 is 4.74 Å². The number of halogens is 2. The van der Waals surface area contributed by atoms with Crippen LogP contribution in [0.15, 0.2) is 53.8 Å². The van der Waals surface area contributed by atoms with Crippen molar-refractivity contribution >= 4 is 56.6 Å². The molecule has 0 N–H and O–H groups in total. The van der Waals surface area contributed by atoms with Gasteiger partial charge in [-0.05, 0) is 35.9 Å². The van der Waals surface area contributed by atoms with Crippen LogP contribution in [0.4, 0.5) is 0 Å². The van der Waals surface area contributed by atoms with Crippen molar-refractivity contribution in [2.24, 2.45) is 0 Å². The fourth-order valence-electron chi connectivity index (χ4n) is 2.71. The minimum Gasteiger partial charge on any atom is -0.486 e. The summed E-state index contributed by atoms with van der Waals surface area (Å²) in [4.78, 5) is 17.9. The molecule has 4 nitrogen and oxygen atoms in total. The van der Waals surface area contributed by atoms with E-state index in [-0.39, 0.29) is 5.56 Å². The van der Waals surface area contributed by atoms with Gasteiger partial charge in [0.15, 0.2) is 10.7 Å². The lowest BCUT2D eigenvalue weighted by Crippen LogP contribution is -2.22. The monoisotopic (exact) mass is 402 g/mol. The summed E-state index contributed by atoms with van der Waals surface area (Å²) < 4.78 is 7.64. The summed E-state index contributed by atoms with van der Waals surface area (Å²) in [5.74, 6) is 0.403. The Kier molecular flexibility index (Phi) is 4.44. The number of hydrogen-bond acceptors (Lipinski definition) is 4. The molecule has 0 amide bonds. The van der Waals surface area contributed by atoms with Gasteiger partial charge in [0.1, 0.15) is 6.61 Å². The quantitative estimate of drug-likeness (QED) is 0.477. The van der Waals surface area contributed by atoms with Gasteiger partial charge in [-0.1, -0.05) is 59.3 Å². The first kappa shape index (κ1) is 17.1. The van der Waals surface area contributed by atoms with E-state index in [0.717, 1.165) is 16.6 Å². The molecule has 2 heterocycles. The molecule has 0 unspecified atom stereocenters. The summed E-state index contributed by atoms with van der Waals surface area (Å²) in [6.45, 7) is 3.90. The van der Waals surface area contributed by atoms with E-state index in [4.69, 9.17) is 27.9 Å². The van der Waals surface area contributed by atoms with Crippen molar-refractivity contribution in [2.45, 2.75) is 0 Å². The highest BCUT2D eigenvalue weighted by Crippen LogP contribution is 2.34. The van der Waals surface area contributed by atoms with Gasteiger partial charge in [-0.3, -0.25) is 4.79 Å². The fourth-order valence-corrected chi connectivity index (χ4v) is 4.31. The summed E-state index contributed by atoms with van der Waals surface area (Å²) >= 11 is 13.8. The molecule has 2 aromatic carbocycles. The van der Waals surface area contributed by atoms with E-state index in [9.17, 15) is 4.79 Å². The fraction of sp³-hybridized carbons (Fsp3) is 0.0526. The predicted octanol–water partition coefficient (Wildman–Crippen LogP) is 4.33. The number of benzene rings is 2. The molecule has 26 heavy (non-hydrogen) atoms. The SMILES string of the molecule is C=CCOc1c(Cl)cc(/C=c2\sc3nc4ccccc4n3c2=O)cc1Cl. The highest BCUT2D eigenvalue weighted by atomic mass is 35.5. The number of rotatable bonds is 4. The Hall–Kier alpha value is -2.34. The number of aromatic nitrogens is 2. The van der Waals surface area contributed by atoms with Crippen LogP contribution in [0.2, 0.25) is 10.0 Å². The Morgan fingerprint density at radius 1 is 1.23 bits per heavy atom. The first-order valence-electron chi connectivity index (χ1n) is 7.73. The van der Waals surface area contributed by atoms with Crippen LogP contribution in [0.3, 0.4) is 0 Å². The third kappa shape index (κ3) is 2.88. The van der Waals surface area contributed by atoms with Crippen LogP contribution < -0.4 is 14.8 Å². The summed E-state index contributed by atoms with van der Waals surface area (Å²) in [5.41, 5.74) is 2.21. The van der Waals surface area contributed by atoms with Gasteiger partial charge in [0.05, 0.1) is 25.6 Å². The Morgan fingerprint density at radius 2 is 1.96 bits per heavy atom. The molecule has 7 heteroatoms. The number of imidazole rings is 1. The maximum absolute atomic E-state index is 12.8. The number of fused-ring (bicyclic) bond motifs is 3. The lowest BCUT2D eigenvalue weighted by Gasteiger charge is -2.08. The van der Waals surface area contributed by atoms with Crippen molar-refractivity contribution in [1.29, 1.82) is 0 Å². The van der Waals surface area contributed by atoms with Crippen LogP contribution in [-0.2, 0) is 0 Å². The molecule has 0 saturated carbocycles. The molecule has 0 aliphatic heterocycles. The normalized spacial score (nSPS) is 12.2. The van der Waals surface area contributed by atoms with E-state index < -0.39 is 0 Å². The van der Waals surface area contributed by atoms with E-state index in [1.807, 2.05) is 24.3 Å². The first-order valence-corrected chi connectivity index (χ1v) is 9.30. The third-order valence-electron chi connectivity index (χ3n) is 3.81. The minimum atomic E-state index is -0.113. The molecule has 2 aromatic heterocycles. The van der Waals surface area contributed by atoms with Crippen molar-refractivity contribution in [2.75, 3.05) is 6.61 Å².